The predicted octanol–water partition coefficient (Wildman–Crippen LogP) is 0.873. The number of rotatable bonds is 7. The summed E-state index contributed by atoms with van der Waals surface area (Å²) in [5.41, 5.74) is 0.200. The van der Waals surface area contributed by atoms with Crippen LogP contribution in [-0.4, -0.2) is 47.2 Å². The van der Waals surface area contributed by atoms with Crippen LogP contribution < -0.4 is 5.32 Å². The van der Waals surface area contributed by atoms with Crippen molar-refractivity contribution in [3.63, 3.8) is 0 Å². The smallest absolute Gasteiger partial charge is 0.273 e. The first kappa shape index (κ1) is 15.7. The molecule has 19 heavy (non-hydrogen) atoms. The van der Waals surface area contributed by atoms with E-state index in [1.165, 1.54) is 6.07 Å². The molecule has 2 N–H and O–H groups in total. The van der Waals surface area contributed by atoms with Gasteiger partial charge in [-0.3, -0.25) is 4.79 Å². The summed E-state index contributed by atoms with van der Waals surface area (Å²) < 4.78 is 4.79. The normalized spacial score (nSPS) is 13.0. The van der Waals surface area contributed by atoms with Gasteiger partial charge in [0.25, 0.3) is 5.91 Å². The number of carbonyl (C=O) groups is 1. The number of aliphatic hydroxyl groups is 1. The Hall–Kier alpha value is -1.40. The highest BCUT2D eigenvalue weighted by molar-refractivity contribution is 5.92. The fourth-order valence-electron chi connectivity index (χ4n) is 1.92. The van der Waals surface area contributed by atoms with Gasteiger partial charge in [-0.15, -0.1) is 0 Å². The minimum atomic E-state index is -0.279. The molecule has 0 aromatic carbocycles. The average molecular weight is 269 g/mol. The minimum absolute atomic E-state index is 0.200. The van der Waals surface area contributed by atoms with E-state index >= 15 is 0 Å². The molecular weight excluding hydrogens is 246 g/mol. The molecule has 0 saturated heterocycles. The molecule has 1 unspecified atom stereocenters. The summed E-state index contributed by atoms with van der Waals surface area (Å²) in [6.07, 6.45) is 0. The molecule has 1 atom stereocenters. The molecule has 6 nitrogen and oxygen atoms in total. The lowest BCUT2D eigenvalue weighted by molar-refractivity contribution is 0.0920. The Bertz CT molecular complexity index is 404. The second kappa shape index (κ2) is 7.25. The van der Waals surface area contributed by atoms with Crippen LogP contribution in [0.15, 0.2) is 10.6 Å². The Morgan fingerprint density at radius 3 is 2.74 bits per heavy atom. The summed E-state index contributed by atoms with van der Waals surface area (Å²) in [4.78, 5) is 14.1. The van der Waals surface area contributed by atoms with Crippen molar-refractivity contribution in [1.82, 2.24) is 15.4 Å². The van der Waals surface area contributed by atoms with Crippen molar-refractivity contribution in [2.45, 2.75) is 33.4 Å². The van der Waals surface area contributed by atoms with E-state index in [1.54, 1.807) is 0 Å². The minimum Gasteiger partial charge on any atom is -0.388 e. The maximum atomic E-state index is 11.9. The second-order valence-corrected chi connectivity index (χ2v) is 4.93. The summed E-state index contributed by atoms with van der Waals surface area (Å²) in [5, 5.41) is 15.3. The van der Waals surface area contributed by atoms with Crippen LogP contribution in [0.4, 0.5) is 0 Å². The molecule has 0 aliphatic rings. The number of hydrogen-bond acceptors (Lipinski definition) is 5. The summed E-state index contributed by atoms with van der Waals surface area (Å²) in [6.45, 7) is 7.57. The number of nitrogens with zero attached hydrogens (tertiary/aromatic N) is 2. The number of amides is 1. The zero-order valence-electron chi connectivity index (χ0n) is 12.0. The molecule has 0 aliphatic heterocycles. The van der Waals surface area contributed by atoms with E-state index in [9.17, 15) is 4.79 Å². The van der Waals surface area contributed by atoms with Gasteiger partial charge in [0.1, 0.15) is 6.61 Å². The molecule has 1 aromatic heterocycles. The van der Waals surface area contributed by atoms with Gasteiger partial charge in [-0.2, -0.15) is 0 Å². The van der Waals surface area contributed by atoms with Gasteiger partial charge < -0.3 is 19.8 Å². The molecule has 0 fully saturated rings. The molecule has 0 bridgehead atoms. The van der Waals surface area contributed by atoms with Gasteiger partial charge in [0.15, 0.2) is 11.5 Å². The SMILES string of the molecule is CCN(C)C(CNC(=O)c1cc(CO)on1)C(C)C. The van der Waals surface area contributed by atoms with Crippen molar-refractivity contribution in [3.05, 3.63) is 17.5 Å². The Kier molecular flexibility index (Phi) is 5.98. The Labute approximate surface area is 113 Å². The topological polar surface area (TPSA) is 78.6 Å². The van der Waals surface area contributed by atoms with E-state index in [2.05, 4.69) is 36.1 Å². The lowest BCUT2D eigenvalue weighted by Gasteiger charge is -2.30. The van der Waals surface area contributed by atoms with Crippen LogP contribution in [0.1, 0.15) is 37.0 Å². The van der Waals surface area contributed by atoms with Crippen LogP contribution in [0.2, 0.25) is 0 Å². The van der Waals surface area contributed by atoms with Crippen molar-refractivity contribution < 1.29 is 14.4 Å². The lowest BCUT2D eigenvalue weighted by atomic mass is 10.0. The van der Waals surface area contributed by atoms with Gasteiger partial charge in [-0.1, -0.05) is 25.9 Å². The van der Waals surface area contributed by atoms with E-state index in [0.29, 0.717) is 12.5 Å². The maximum absolute atomic E-state index is 11.9. The molecule has 1 heterocycles. The van der Waals surface area contributed by atoms with Gasteiger partial charge >= 0.3 is 0 Å². The van der Waals surface area contributed by atoms with Gasteiger partial charge in [0.05, 0.1) is 0 Å². The first-order chi connectivity index (χ1) is 8.99. The van der Waals surface area contributed by atoms with Crippen LogP contribution in [0.3, 0.4) is 0 Å². The number of aliphatic hydroxyl groups excluding tert-OH is 1. The van der Waals surface area contributed by atoms with E-state index < -0.39 is 0 Å². The standard InChI is InChI=1S/C13H23N3O3/c1-5-16(4)12(9(2)3)7-14-13(18)11-6-10(8-17)19-15-11/h6,9,12,17H,5,7-8H2,1-4H3,(H,14,18). The van der Waals surface area contributed by atoms with Crippen LogP contribution >= 0.6 is 0 Å². The van der Waals surface area contributed by atoms with Crippen molar-refractivity contribution in [2.24, 2.45) is 5.92 Å². The molecule has 0 radical (unpaired) electrons. The average Bonchev–Trinajstić information content (AvgIpc) is 2.86. The van der Waals surface area contributed by atoms with Crippen molar-refractivity contribution in [3.8, 4) is 0 Å². The Morgan fingerprint density at radius 2 is 2.26 bits per heavy atom. The van der Waals surface area contributed by atoms with E-state index in [-0.39, 0.29) is 30.0 Å². The molecule has 108 valence electrons. The van der Waals surface area contributed by atoms with Crippen LogP contribution in [0.5, 0.6) is 0 Å². The summed E-state index contributed by atoms with van der Waals surface area (Å²) in [5.74, 6) is 0.449. The molecule has 0 aliphatic carbocycles. The van der Waals surface area contributed by atoms with E-state index in [1.807, 2.05) is 7.05 Å². The summed E-state index contributed by atoms with van der Waals surface area (Å²) >= 11 is 0. The quantitative estimate of drug-likeness (QED) is 0.768. The summed E-state index contributed by atoms with van der Waals surface area (Å²) in [6, 6.07) is 1.72. The van der Waals surface area contributed by atoms with Gasteiger partial charge in [0, 0.05) is 18.7 Å². The fraction of sp³-hybridized carbons (Fsp3) is 0.692. The first-order valence-corrected chi connectivity index (χ1v) is 6.54. The number of hydrogen-bond donors (Lipinski definition) is 2. The number of aromatic nitrogens is 1. The molecule has 1 amide bonds. The molecule has 6 heteroatoms. The number of likely N-dealkylation sites (N-methyl/N-ethyl adjacent to an activating group) is 1. The third-order valence-corrected chi connectivity index (χ3v) is 3.25. The summed E-state index contributed by atoms with van der Waals surface area (Å²) in [7, 11) is 2.04. The first-order valence-electron chi connectivity index (χ1n) is 6.54. The lowest BCUT2D eigenvalue weighted by Crippen LogP contribution is -2.45. The monoisotopic (exact) mass is 269 g/mol. The Balaban J connectivity index is 2.56. The van der Waals surface area contributed by atoms with E-state index in [0.717, 1.165) is 6.54 Å². The van der Waals surface area contributed by atoms with Crippen molar-refractivity contribution >= 4 is 5.91 Å². The molecule has 0 spiro atoms. The number of carbonyl (C=O) groups excluding carboxylic acids is 1. The van der Waals surface area contributed by atoms with E-state index in [4.69, 9.17) is 9.63 Å². The highest BCUT2D eigenvalue weighted by Crippen LogP contribution is 2.08. The molecule has 0 saturated carbocycles. The zero-order valence-corrected chi connectivity index (χ0v) is 12.0. The molecule has 1 aromatic rings. The maximum Gasteiger partial charge on any atom is 0.273 e. The van der Waals surface area contributed by atoms with Gasteiger partial charge in [0.2, 0.25) is 0 Å². The molecular formula is C13H23N3O3. The Morgan fingerprint density at radius 1 is 1.58 bits per heavy atom. The fourth-order valence-corrected chi connectivity index (χ4v) is 1.92. The highest BCUT2D eigenvalue weighted by Gasteiger charge is 2.19. The van der Waals surface area contributed by atoms with Crippen LogP contribution in [0, 0.1) is 5.92 Å². The van der Waals surface area contributed by atoms with Gasteiger partial charge in [-0.25, -0.2) is 0 Å². The zero-order chi connectivity index (χ0) is 14.4. The van der Waals surface area contributed by atoms with Crippen molar-refractivity contribution in [2.75, 3.05) is 20.1 Å². The van der Waals surface area contributed by atoms with Crippen LogP contribution in [-0.2, 0) is 6.61 Å². The van der Waals surface area contributed by atoms with Gasteiger partial charge in [-0.05, 0) is 19.5 Å². The predicted molar refractivity (Wildman–Crippen MR) is 71.7 cm³/mol. The third kappa shape index (κ3) is 4.33. The highest BCUT2D eigenvalue weighted by atomic mass is 16.5. The van der Waals surface area contributed by atoms with Crippen molar-refractivity contribution in [1.29, 1.82) is 0 Å². The third-order valence-electron chi connectivity index (χ3n) is 3.25. The second-order valence-electron chi connectivity index (χ2n) is 4.93. The molecule has 1 rings (SSSR count). The largest absolute Gasteiger partial charge is 0.388 e. The number of nitrogens with one attached hydrogen (secondary N) is 1. The van der Waals surface area contributed by atoms with Crippen LogP contribution in [0.25, 0.3) is 0 Å².